The van der Waals surface area contributed by atoms with Crippen molar-refractivity contribution in [1.82, 2.24) is 19.7 Å². The predicted molar refractivity (Wildman–Crippen MR) is 85.9 cm³/mol. The van der Waals surface area contributed by atoms with E-state index in [1.54, 1.807) is 7.05 Å². The maximum Gasteiger partial charge on any atom is 0.345 e. The largest absolute Gasteiger partial charge is 0.464 e. The zero-order valence-electron chi connectivity index (χ0n) is 14.3. The second-order valence-corrected chi connectivity index (χ2v) is 6.71. The number of hydrogen-bond acceptors (Lipinski definition) is 4. The normalized spacial score (nSPS) is 13.1. The van der Waals surface area contributed by atoms with Crippen LogP contribution in [0.1, 0.15) is 45.3 Å². The molecule has 0 aliphatic rings. The second-order valence-electron chi connectivity index (χ2n) is 6.71. The fourth-order valence-electron chi connectivity index (χ4n) is 2.33. The first kappa shape index (κ1) is 17.1. The van der Waals surface area contributed by atoms with Gasteiger partial charge in [-0.1, -0.05) is 27.7 Å². The number of amides is 1. The van der Waals surface area contributed by atoms with Crippen molar-refractivity contribution >= 4 is 5.91 Å². The number of nitrogens with zero attached hydrogens (tertiary/aromatic N) is 3. The van der Waals surface area contributed by atoms with Gasteiger partial charge in [0.15, 0.2) is 0 Å². The molecule has 1 N–H and O–H groups in total. The second kappa shape index (κ2) is 6.44. The Bertz CT molecular complexity index is 733. The molecule has 0 saturated heterocycles. The predicted octanol–water partition coefficient (Wildman–Crippen LogP) is 1.64. The molecule has 2 rings (SSSR count). The van der Waals surface area contributed by atoms with Crippen molar-refractivity contribution < 1.29 is 9.21 Å². The van der Waals surface area contributed by atoms with Crippen molar-refractivity contribution in [3.63, 3.8) is 0 Å². The zero-order chi connectivity index (χ0) is 17.2. The number of hydrogen-bond donors (Lipinski definition) is 1. The van der Waals surface area contributed by atoms with E-state index in [1.807, 2.05) is 39.8 Å². The summed E-state index contributed by atoms with van der Waals surface area (Å²) < 4.78 is 8.26. The maximum atomic E-state index is 12.3. The molecule has 1 atom stereocenters. The summed E-state index contributed by atoms with van der Waals surface area (Å²) in [4.78, 5) is 24.1. The van der Waals surface area contributed by atoms with E-state index in [9.17, 15) is 9.59 Å². The van der Waals surface area contributed by atoms with E-state index in [-0.39, 0.29) is 29.6 Å². The molecule has 0 saturated carbocycles. The Morgan fingerprint density at radius 3 is 2.57 bits per heavy atom. The SMILES string of the molecule is CCc1ccc([C@H](NC(=O)Cn2ncn(C)c2=O)C(C)(C)C)o1. The number of carbonyl (C=O) groups excluding carboxylic acids is 1. The lowest BCUT2D eigenvalue weighted by atomic mass is 9.85. The third-order valence-corrected chi connectivity index (χ3v) is 3.67. The van der Waals surface area contributed by atoms with Crippen LogP contribution in [0.4, 0.5) is 0 Å². The van der Waals surface area contributed by atoms with Gasteiger partial charge in [0.25, 0.3) is 0 Å². The molecule has 7 heteroatoms. The van der Waals surface area contributed by atoms with Crippen molar-refractivity contribution in [2.24, 2.45) is 12.5 Å². The number of aromatic nitrogens is 3. The van der Waals surface area contributed by atoms with Gasteiger partial charge in [-0.3, -0.25) is 9.36 Å². The Hall–Kier alpha value is -2.31. The molecule has 126 valence electrons. The molecule has 0 aromatic carbocycles. The van der Waals surface area contributed by atoms with E-state index >= 15 is 0 Å². The molecule has 2 aromatic heterocycles. The standard InChI is InChI=1S/C16H24N4O3/c1-6-11-7-8-12(23-11)14(16(2,3)4)18-13(21)9-20-15(22)19(5)10-17-20/h7-8,10,14H,6,9H2,1-5H3,(H,18,21)/t14-/m0/s1. The minimum absolute atomic E-state index is 0.117. The minimum Gasteiger partial charge on any atom is -0.464 e. The zero-order valence-corrected chi connectivity index (χ0v) is 14.3. The van der Waals surface area contributed by atoms with E-state index in [0.29, 0.717) is 0 Å². The van der Waals surface area contributed by atoms with Gasteiger partial charge in [-0.05, 0) is 17.5 Å². The van der Waals surface area contributed by atoms with Gasteiger partial charge in [0.2, 0.25) is 5.91 Å². The number of rotatable bonds is 5. The molecule has 1 amide bonds. The van der Waals surface area contributed by atoms with Crippen molar-refractivity contribution in [2.45, 2.75) is 46.7 Å². The number of carbonyl (C=O) groups is 1. The highest BCUT2D eigenvalue weighted by molar-refractivity contribution is 5.76. The van der Waals surface area contributed by atoms with Gasteiger partial charge in [0.1, 0.15) is 24.4 Å². The number of aryl methyl sites for hydroxylation is 2. The Labute approximate surface area is 135 Å². The van der Waals surface area contributed by atoms with Crippen molar-refractivity contribution in [3.05, 3.63) is 40.5 Å². The van der Waals surface area contributed by atoms with Gasteiger partial charge in [-0.2, -0.15) is 5.10 Å². The lowest BCUT2D eigenvalue weighted by Gasteiger charge is -2.29. The number of nitrogens with one attached hydrogen (secondary N) is 1. The average molecular weight is 320 g/mol. The Balaban J connectivity index is 2.16. The molecule has 0 spiro atoms. The molecule has 23 heavy (non-hydrogen) atoms. The summed E-state index contributed by atoms with van der Waals surface area (Å²) >= 11 is 0. The van der Waals surface area contributed by atoms with Crippen LogP contribution in [0, 0.1) is 5.41 Å². The summed E-state index contributed by atoms with van der Waals surface area (Å²) in [6.07, 6.45) is 2.19. The highest BCUT2D eigenvalue weighted by Gasteiger charge is 2.30. The van der Waals surface area contributed by atoms with Crippen molar-refractivity contribution in [3.8, 4) is 0 Å². The minimum atomic E-state index is -0.321. The van der Waals surface area contributed by atoms with Crippen LogP contribution in [0.25, 0.3) is 0 Å². The number of furan rings is 1. The van der Waals surface area contributed by atoms with Crippen LogP contribution in [0.2, 0.25) is 0 Å². The Morgan fingerprint density at radius 2 is 2.09 bits per heavy atom. The molecule has 0 aliphatic carbocycles. The van der Waals surface area contributed by atoms with Crippen LogP contribution < -0.4 is 11.0 Å². The van der Waals surface area contributed by atoms with Crippen LogP contribution in [0.15, 0.2) is 27.7 Å². The lowest BCUT2D eigenvalue weighted by Crippen LogP contribution is -2.40. The summed E-state index contributed by atoms with van der Waals surface area (Å²) in [6, 6.07) is 3.53. The van der Waals surface area contributed by atoms with Gasteiger partial charge < -0.3 is 9.73 Å². The summed E-state index contributed by atoms with van der Waals surface area (Å²) in [7, 11) is 1.59. The Morgan fingerprint density at radius 1 is 1.39 bits per heavy atom. The quantitative estimate of drug-likeness (QED) is 0.908. The molecule has 0 radical (unpaired) electrons. The van der Waals surface area contributed by atoms with Crippen LogP contribution in [0.3, 0.4) is 0 Å². The molecule has 2 aromatic rings. The molecule has 7 nitrogen and oxygen atoms in total. The molecule has 0 fully saturated rings. The third-order valence-electron chi connectivity index (χ3n) is 3.67. The van der Waals surface area contributed by atoms with E-state index in [4.69, 9.17) is 4.42 Å². The van der Waals surface area contributed by atoms with Gasteiger partial charge in [-0.25, -0.2) is 9.48 Å². The highest BCUT2D eigenvalue weighted by atomic mass is 16.3. The van der Waals surface area contributed by atoms with Gasteiger partial charge in [0, 0.05) is 13.5 Å². The van der Waals surface area contributed by atoms with Gasteiger partial charge in [-0.15, -0.1) is 0 Å². The topological polar surface area (TPSA) is 82.1 Å². The molecule has 0 bridgehead atoms. The lowest BCUT2D eigenvalue weighted by molar-refractivity contribution is -0.123. The van der Waals surface area contributed by atoms with Crippen LogP contribution in [0.5, 0.6) is 0 Å². The molecule has 0 unspecified atom stereocenters. The van der Waals surface area contributed by atoms with Crippen LogP contribution in [-0.2, 0) is 24.8 Å². The van der Waals surface area contributed by atoms with Gasteiger partial charge >= 0.3 is 5.69 Å². The molecular weight excluding hydrogens is 296 g/mol. The fraction of sp³-hybridized carbons (Fsp3) is 0.562. The van der Waals surface area contributed by atoms with Crippen LogP contribution in [-0.4, -0.2) is 20.3 Å². The monoisotopic (exact) mass is 320 g/mol. The van der Waals surface area contributed by atoms with E-state index in [0.717, 1.165) is 22.6 Å². The first-order chi connectivity index (χ1) is 10.7. The summed E-state index contributed by atoms with van der Waals surface area (Å²) in [6.45, 7) is 7.98. The highest BCUT2D eigenvalue weighted by Crippen LogP contribution is 2.33. The summed E-state index contributed by atoms with van der Waals surface area (Å²) in [5.41, 5.74) is -0.549. The van der Waals surface area contributed by atoms with Gasteiger partial charge in [0.05, 0.1) is 6.04 Å². The average Bonchev–Trinajstić information content (AvgIpc) is 3.05. The summed E-state index contributed by atoms with van der Waals surface area (Å²) in [5.74, 6) is 1.32. The van der Waals surface area contributed by atoms with E-state index < -0.39 is 0 Å². The fourth-order valence-corrected chi connectivity index (χ4v) is 2.33. The van der Waals surface area contributed by atoms with Crippen molar-refractivity contribution in [2.75, 3.05) is 0 Å². The first-order valence-electron chi connectivity index (χ1n) is 7.68. The first-order valence-corrected chi connectivity index (χ1v) is 7.68. The smallest absolute Gasteiger partial charge is 0.345 e. The molecule has 2 heterocycles. The van der Waals surface area contributed by atoms with Crippen LogP contribution >= 0.6 is 0 Å². The maximum absolute atomic E-state index is 12.3. The van der Waals surface area contributed by atoms with E-state index in [2.05, 4.69) is 10.4 Å². The molecule has 0 aliphatic heterocycles. The van der Waals surface area contributed by atoms with Crippen molar-refractivity contribution in [1.29, 1.82) is 0 Å². The van der Waals surface area contributed by atoms with E-state index in [1.165, 1.54) is 10.9 Å². The Kier molecular flexibility index (Phi) is 4.77. The molecular formula is C16H24N4O3. The third kappa shape index (κ3) is 3.91. The summed E-state index contributed by atoms with van der Waals surface area (Å²) in [5, 5.41) is 6.85.